The Morgan fingerprint density at radius 3 is 2.53 bits per heavy atom. The molecule has 0 aromatic rings. The van der Waals surface area contributed by atoms with E-state index in [1.54, 1.807) is 0 Å². The predicted octanol–water partition coefficient (Wildman–Crippen LogP) is 1.13. The van der Waals surface area contributed by atoms with Crippen molar-refractivity contribution in [2.75, 3.05) is 33.3 Å². The highest BCUT2D eigenvalue weighted by Gasteiger charge is 2.32. The van der Waals surface area contributed by atoms with Gasteiger partial charge in [0.15, 0.2) is 0 Å². The first-order valence-corrected chi connectivity index (χ1v) is 7.15. The molecule has 0 bridgehead atoms. The number of methoxy groups -OCH3 is 1. The Kier molecular flexibility index (Phi) is 6.28. The third-order valence-electron chi connectivity index (χ3n) is 3.97. The van der Waals surface area contributed by atoms with Crippen LogP contribution in [-0.4, -0.2) is 61.0 Å². The number of hydrogen-bond donors (Lipinski definition) is 0. The van der Waals surface area contributed by atoms with Crippen LogP contribution in [0.1, 0.15) is 33.6 Å². The van der Waals surface area contributed by atoms with Gasteiger partial charge in [-0.3, -0.25) is 14.5 Å². The monoisotopic (exact) mass is 270 g/mol. The zero-order valence-corrected chi connectivity index (χ0v) is 12.5. The van der Waals surface area contributed by atoms with Crippen molar-refractivity contribution in [1.82, 2.24) is 9.80 Å². The molecule has 0 radical (unpaired) electrons. The van der Waals surface area contributed by atoms with Crippen molar-refractivity contribution in [2.45, 2.75) is 39.7 Å². The Morgan fingerprint density at radius 1 is 1.37 bits per heavy atom. The lowest BCUT2D eigenvalue weighted by atomic mass is 9.97. The van der Waals surface area contributed by atoms with E-state index in [4.69, 9.17) is 4.74 Å². The highest BCUT2D eigenvalue weighted by Crippen LogP contribution is 2.20. The molecule has 0 aromatic heterocycles. The van der Waals surface area contributed by atoms with Crippen molar-refractivity contribution in [2.24, 2.45) is 5.92 Å². The molecule has 0 aliphatic carbocycles. The number of piperidine rings is 1. The van der Waals surface area contributed by atoms with Crippen molar-refractivity contribution < 1.29 is 14.3 Å². The van der Waals surface area contributed by atoms with Gasteiger partial charge in [-0.1, -0.05) is 0 Å². The molecule has 0 N–H and O–H groups in total. The van der Waals surface area contributed by atoms with Gasteiger partial charge in [0.1, 0.15) is 0 Å². The van der Waals surface area contributed by atoms with E-state index in [9.17, 15) is 9.59 Å². The minimum Gasteiger partial charge on any atom is -0.469 e. The SMILES string of the molecule is CCN(CC)C(=O)C(C)N1CCCC(C(=O)OC)C1. The predicted molar refractivity (Wildman–Crippen MR) is 73.7 cm³/mol. The molecular weight excluding hydrogens is 244 g/mol. The number of amides is 1. The van der Waals surface area contributed by atoms with Crippen molar-refractivity contribution in [3.63, 3.8) is 0 Å². The highest BCUT2D eigenvalue weighted by atomic mass is 16.5. The third kappa shape index (κ3) is 3.93. The maximum absolute atomic E-state index is 12.3. The first-order valence-electron chi connectivity index (χ1n) is 7.15. The molecule has 5 nitrogen and oxygen atoms in total. The molecule has 19 heavy (non-hydrogen) atoms. The fourth-order valence-corrected chi connectivity index (χ4v) is 2.67. The molecule has 2 unspecified atom stereocenters. The molecule has 1 amide bonds. The Labute approximate surface area is 115 Å². The molecular formula is C14H26N2O3. The van der Waals surface area contributed by atoms with E-state index in [0.29, 0.717) is 6.54 Å². The number of carbonyl (C=O) groups is 2. The van der Waals surface area contributed by atoms with E-state index in [1.165, 1.54) is 7.11 Å². The van der Waals surface area contributed by atoms with Crippen LogP contribution in [0.2, 0.25) is 0 Å². The number of ether oxygens (including phenoxy) is 1. The molecule has 0 saturated carbocycles. The summed E-state index contributed by atoms with van der Waals surface area (Å²) in [7, 11) is 1.42. The lowest BCUT2D eigenvalue weighted by Crippen LogP contribution is -2.51. The summed E-state index contributed by atoms with van der Waals surface area (Å²) in [5.41, 5.74) is 0. The number of rotatable bonds is 5. The lowest BCUT2D eigenvalue weighted by Gasteiger charge is -2.36. The fourth-order valence-electron chi connectivity index (χ4n) is 2.67. The molecule has 1 rings (SSSR count). The van der Waals surface area contributed by atoms with Crippen LogP contribution in [0.5, 0.6) is 0 Å². The lowest BCUT2D eigenvalue weighted by molar-refractivity contribution is -0.149. The largest absolute Gasteiger partial charge is 0.469 e. The highest BCUT2D eigenvalue weighted by molar-refractivity contribution is 5.81. The second-order valence-electron chi connectivity index (χ2n) is 5.04. The summed E-state index contributed by atoms with van der Waals surface area (Å²) in [5, 5.41) is 0. The fraction of sp³-hybridized carbons (Fsp3) is 0.857. The van der Waals surface area contributed by atoms with E-state index in [-0.39, 0.29) is 23.8 Å². The third-order valence-corrected chi connectivity index (χ3v) is 3.97. The van der Waals surface area contributed by atoms with E-state index in [0.717, 1.165) is 32.5 Å². The summed E-state index contributed by atoms with van der Waals surface area (Å²) >= 11 is 0. The summed E-state index contributed by atoms with van der Waals surface area (Å²) in [5.74, 6) is -0.103. The summed E-state index contributed by atoms with van der Waals surface area (Å²) in [6.45, 7) is 8.87. The minimum atomic E-state index is -0.160. The topological polar surface area (TPSA) is 49.9 Å². The Hall–Kier alpha value is -1.10. The van der Waals surface area contributed by atoms with E-state index >= 15 is 0 Å². The maximum atomic E-state index is 12.3. The van der Waals surface area contributed by atoms with E-state index in [1.807, 2.05) is 25.7 Å². The summed E-state index contributed by atoms with van der Waals surface area (Å²) in [6.07, 6.45) is 1.80. The van der Waals surface area contributed by atoms with Crippen LogP contribution in [0.3, 0.4) is 0 Å². The van der Waals surface area contributed by atoms with Crippen molar-refractivity contribution in [3.05, 3.63) is 0 Å². The van der Waals surface area contributed by atoms with Gasteiger partial charge in [0.25, 0.3) is 0 Å². The molecule has 0 aromatic carbocycles. The van der Waals surface area contributed by atoms with Crippen LogP contribution in [-0.2, 0) is 14.3 Å². The number of carbonyl (C=O) groups excluding carboxylic acids is 2. The second kappa shape index (κ2) is 7.48. The van der Waals surface area contributed by atoms with Crippen molar-refractivity contribution in [3.8, 4) is 0 Å². The maximum Gasteiger partial charge on any atom is 0.309 e. The van der Waals surface area contributed by atoms with Crippen LogP contribution < -0.4 is 0 Å². The average molecular weight is 270 g/mol. The molecule has 2 atom stereocenters. The molecule has 1 aliphatic heterocycles. The van der Waals surface area contributed by atoms with Gasteiger partial charge in [0.2, 0.25) is 5.91 Å². The Morgan fingerprint density at radius 2 is 2.00 bits per heavy atom. The van der Waals surface area contributed by atoms with Gasteiger partial charge in [0, 0.05) is 19.6 Å². The zero-order valence-electron chi connectivity index (χ0n) is 12.5. The summed E-state index contributed by atoms with van der Waals surface area (Å²) < 4.78 is 4.81. The second-order valence-corrected chi connectivity index (χ2v) is 5.04. The molecule has 1 aliphatic rings. The van der Waals surface area contributed by atoms with Gasteiger partial charge in [0.05, 0.1) is 19.1 Å². The van der Waals surface area contributed by atoms with Crippen LogP contribution >= 0.6 is 0 Å². The summed E-state index contributed by atoms with van der Waals surface area (Å²) in [4.78, 5) is 27.9. The molecule has 1 fully saturated rings. The normalized spacial score (nSPS) is 21.8. The first-order chi connectivity index (χ1) is 9.04. The number of nitrogens with zero attached hydrogens (tertiary/aromatic N) is 2. The van der Waals surface area contributed by atoms with E-state index < -0.39 is 0 Å². The van der Waals surface area contributed by atoms with Gasteiger partial charge in [-0.05, 0) is 40.2 Å². The summed E-state index contributed by atoms with van der Waals surface area (Å²) in [6, 6.07) is -0.160. The van der Waals surface area contributed by atoms with Crippen molar-refractivity contribution >= 4 is 11.9 Å². The number of likely N-dealkylation sites (tertiary alicyclic amines) is 1. The first kappa shape index (κ1) is 16.0. The number of esters is 1. The standard InChI is InChI=1S/C14H26N2O3/c1-5-15(6-2)13(17)11(3)16-9-7-8-12(10-16)14(18)19-4/h11-12H,5-10H2,1-4H3. The quantitative estimate of drug-likeness (QED) is 0.703. The van der Waals surface area contributed by atoms with Gasteiger partial charge >= 0.3 is 5.97 Å². The molecule has 110 valence electrons. The van der Waals surface area contributed by atoms with Gasteiger partial charge in [-0.2, -0.15) is 0 Å². The number of hydrogen-bond acceptors (Lipinski definition) is 4. The Balaban J connectivity index is 2.63. The molecule has 1 saturated heterocycles. The Bertz CT molecular complexity index is 316. The molecule has 0 spiro atoms. The minimum absolute atomic E-state index is 0.0919. The average Bonchev–Trinajstić information content (AvgIpc) is 2.46. The van der Waals surface area contributed by atoms with Crippen LogP contribution in [0, 0.1) is 5.92 Å². The van der Waals surface area contributed by atoms with E-state index in [2.05, 4.69) is 4.90 Å². The van der Waals surface area contributed by atoms with Crippen molar-refractivity contribution in [1.29, 1.82) is 0 Å². The van der Waals surface area contributed by atoms with Gasteiger partial charge < -0.3 is 9.64 Å². The molecule has 5 heteroatoms. The van der Waals surface area contributed by atoms with Crippen LogP contribution in [0.15, 0.2) is 0 Å². The van der Waals surface area contributed by atoms with Gasteiger partial charge in [-0.15, -0.1) is 0 Å². The zero-order chi connectivity index (χ0) is 14.4. The molecule has 1 heterocycles. The van der Waals surface area contributed by atoms with Crippen LogP contribution in [0.25, 0.3) is 0 Å². The van der Waals surface area contributed by atoms with Crippen LogP contribution in [0.4, 0.5) is 0 Å². The van der Waals surface area contributed by atoms with Gasteiger partial charge in [-0.25, -0.2) is 0 Å². The smallest absolute Gasteiger partial charge is 0.309 e. The number of likely N-dealkylation sites (N-methyl/N-ethyl adjacent to an activating group) is 1.